The highest BCUT2D eigenvalue weighted by molar-refractivity contribution is 5.49. The third-order valence-electron chi connectivity index (χ3n) is 3.42. The van der Waals surface area contributed by atoms with E-state index in [1.54, 1.807) is 0 Å². The van der Waals surface area contributed by atoms with Crippen LogP contribution in [0.15, 0.2) is 30.5 Å². The van der Waals surface area contributed by atoms with Gasteiger partial charge >= 0.3 is 0 Å². The van der Waals surface area contributed by atoms with Crippen LogP contribution in [0, 0.1) is 6.92 Å². The van der Waals surface area contributed by atoms with Gasteiger partial charge in [-0.25, -0.2) is 15.0 Å². The molecule has 0 amide bonds. The Hall–Kier alpha value is -2.37. The van der Waals surface area contributed by atoms with E-state index in [4.69, 9.17) is 5.73 Å². The van der Waals surface area contributed by atoms with Crippen LogP contribution in [0.4, 0.5) is 17.5 Å². The second-order valence-corrected chi connectivity index (χ2v) is 4.86. The Bertz CT molecular complexity index is 557. The topological polar surface area (TPSA) is 71.2 Å². The van der Waals surface area contributed by atoms with Crippen LogP contribution in [0.5, 0.6) is 0 Å². The van der Waals surface area contributed by atoms with Crippen LogP contribution in [0.2, 0.25) is 0 Å². The number of aryl methyl sites for hydroxylation is 1. The molecule has 0 bridgehead atoms. The number of aromatic nitrogens is 3. The zero-order chi connectivity index (χ0) is 13.9. The molecule has 1 aliphatic rings. The van der Waals surface area contributed by atoms with Crippen LogP contribution >= 0.6 is 0 Å². The first-order valence-corrected chi connectivity index (χ1v) is 6.74. The molecule has 20 heavy (non-hydrogen) atoms. The summed E-state index contributed by atoms with van der Waals surface area (Å²) in [6.45, 7) is 5.54. The normalized spacial score (nSPS) is 15.4. The largest absolute Gasteiger partial charge is 0.384 e. The summed E-state index contributed by atoms with van der Waals surface area (Å²) in [5, 5.41) is 0. The molecule has 0 atom stereocenters. The van der Waals surface area contributed by atoms with Gasteiger partial charge in [-0.1, -0.05) is 6.07 Å². The van der Waals surface area contributed by atoms with Crippen molar-refractivity contribution in [1.82, 2.24) is 15.0 Å². The molecule has 1 saturated heterocycles. The Labute approximate surface area is 118 Å². The monoisotopic (exact) mass is 270 g/mol. The van der Waals surface area contributed by atoms with Gasteiger partial charge in [0.25, 0.3) is 0 Å². The van der Waals surface area contributed by atoms with Gasteiger partial charge in [0.15, 0.2) is 0 Å². The van der Waals surface area contributed by atoms with E-state index in [0.717, 1.165) is 37.8 Å². The average molecular weight is 270 g/mol. The summed E-state index contributed by atoms with van der Waals surface area (Å²) in [5.74, 6) is 3.19. The Morgan fingerprint density at radius 3 is 2.30 bits per heavy atom. The van der Waals surface area contributed by atoms with Gasteiger partial charge in [0, 0.05) is 38.4 Å². The van der Waals surface area contributed by atoms with Crippen molar-refractivity contribution in [3.8, 4) is 0 Å². The maximum atomic E-state index is 5.79. The lowest BCUT2D eigenvalue weighted by Gasteiger charge is -2.36. The van der Waals surface area contributed by atoms with Gasteiger partial charge in [-0.2, -0.15) is 0 Å². The predicted octanol–water partition coefficient (Wildman–Crippen LogP) is 1.09. The summed E-state index contributed by atoms with van der Waals surface area (Å²) < 4.78 is 0. The van der Waals surface area contributed by atoms with Crippen LogP contribution < -0.4 is 15.5 Å². The molecule has 3 rings (SSSR count). The summed E-state index contributed by atoms with van der Waals surface area (Å²) in [4.78, 5) is 17.5. The molecule has 0 saturated carbocycles. The molecule has 6 heteroatoms. The van der Waals surface area contributed by atoms with E-state index in [1.807, 2.05) is 37.4 Å². The van der Waals surface area contributed by atoms with E-state index < -0.39 is 0 Å². The Morgan fingerprint density at radius 2 is 1.70 bits per heavy atom. The molecule has 2 aromatic rings. The predicted molar refractivity (Wildman–Crippen MR) is 79.8 cm³/mol. The first-order chi connectivity index (χ1) is 9.72. The number of anilines is 3. The van der Waals surface area contributed by atoms with Crippen LogP contribution in [0.25, 0.3) is 0 Å². The molecule has 104 valence electrons. The average Bonchev–Trinajstić information content (AvgIpc) is 2.47. The summed E-state index contributed by atoms with van der Waals surface area (Å²) in [7, 11) is 0. The molecule has 0 radical (unpaired) electrons. The molecular weight excluding hydrogens is 252 g/mol. The van der Waals surface area contributed by atoms with Crippen LogP contribution in [0.1, 0.15) is 5.82 Å². The molecule has 2 N–H and O–H groups in total. The lowest BCUT2D eigenvalue weighted by Crippen LogP contribution is -2.47. The van der Waals surface area contributed by atoms with Crippen LogP contribution in [-0.2, 0) is 0 Å². The van der Waals surface area contributed by atoms with Gasteiger partial charge < -0.3 is 15.5 Å². The third kappa shape index (κ3) is 2.64. The van der Waals surface area contributed by atoms with Gasteiger partial charge in [0.1, 0.15) is 23.3 Å². The number of nitrogen functional groups attached to an aromatic ring is 1. The van der Waals surface area contributed by atoms with Crippen molar-refractivity contribution in [3.05, 3.63) is 36.3 Å². The standard InChI is InChI=1S/C14H18N6/c1-11-17-12(15)10-14(18-11)20-8-6-19(7-9-20)13-4-2-3-5-16-13/h2-5,10H,6-9H2,1H3,(H2,15,17,18). The Balaban J connectivity index is 1.69. The minimum atomic E-state index is 0.527. The first-order valence-electron chi connectivity index (χ1n) is 6.74. The fourth-order valence-electron chi connectivity index (χ4n) is 2.44. The number of nitrogens with two attached hydrogens (primary N) is 1. The molecule has 1 aliphatic heterocycles. The quantitative estimate of drug-likeness (QED) is 0.880. The summed E-state index contributed by atoms with van der Waals surface area (Å²) in [6.07, 6.45) is 1.83. The lowest BCUT2D eigenvalue weighted by molar-refractivity contribution is 0.640. The van der Waals surface area contributed by atoms with E-state index in [1.165, 1.54) is 0 Å². The van der Waals surface area contributed by atoms with Crippen molar-refractivity contribution < 1.29 is 0 Å². The minimum Gasteiger partial charge on any atom is -0.384 e. The maximum Gasteiger partial charge on any atom is 0.134 e. The highest BCUT2D eigenvalue weighted by Gasteiger charge is 2.19. The minimum absolute atomic E-state index is 0.527. The molecule has 0 aliphatic carbocycles. The van der Waals surface area contributed by atoms with E-state index >= 15 is 0 Å². The smallest absolute Gasteiger partial charge is 0.134 e. The SMILES string of the molecule is Cc1nc(N)cc(N2CCN(c3ccccn3)CC2)n1. The van der Waals surface area contributed by atoms with Gasteiger partial charge in [0.05, 0.1) is 0 Å². The van der Waals surface area contributed by atoms with Gasteiger partial charge in [-0.05, 0) is 19.1 Å². The third-order valence-corrected chi connectivity index (χ3v) is 3.42. The molecule has 2 aromatic heterocycles. The number of piperazine rings is 1. The lowest BCUT2D eigenvalue weighted by atomic mass is 10.3. The fraction of sp³-hybridized carbons (Fsp3) is 0.357. The Kier molecular flexibility index (Phi) is 3.37. The second-order valence-electron chi connectivity index (χ2n) is 4.86. The summed E-state index contributed by atoms with van der Waals surface area (Å²) in [6, 6.07) is 7.83. The molecular formula is C14H18N6. The molecule has 1 fully saturated rings. The van der Waals surface area contributed by atoms with Gasteiger partial charge in [-0.3, -0.25) is 0 Å². The Morgan fingerprint density at radius 1 is 1.00 bits per heavy atom. The van der Waals surface area contributed by atoms with Crippen molar-refractivity contribution in [1.29, 1.82) is 0 Å². The molecule has 0 unspecified atom stereocenters. The zero-order valence-corrected chi connectivity index (χ0v) is 11.5. The number of pyridine rings is 1. The molecule has 3 heterocycles. The van der Waals surface area contributed by atoms with Gasteiger partial charge in [-0.15, -0.1) is 0 Å². The number of hydrogen-bond donors (Lipinski definition) is 1. The summed E-state index contributed by atoms with van der Waals surface area (Å²) >= 11 is 0. The van der Waals surface area contributed by atoms with Crippen molar-refractivity contribution in [2.45, 2.75) is 6.92 Å². The van der Waals surface area contributed by atoms with E-state index in [-0.39, 0.29) is 0 Å². The van der Waals surface area contributed by atoms with Crippen LogP contribution in [-0.4, -0.2) is 41.1 Å². The van der Waals surface area contributed by atoms with E-state index in [0.29, 0.717) is 11.6 Å². The molecule has 6 nitrogen and oxygen atoms in total. The highest BCUT2D eigenvalue weighted by atomic mass is 15.3. The first kappa shape index (κ1) is 12.7. The fourth-order valence-corrected chi connectivity index (χ4v) is 2.44. The summed E-state index contributed by atoms with van der Waals surface area (Å²) in [5.41, 5.74) is 5.79. The van der Waals surface area contributed by atoms with Crippen molar-refractivity contribution in [3.63, 3.8) is 0 Å². The number of nitrogens with zero attached hydrogens (tertiary/aromatic N) is 5. The van der Waals surface area contributed by atoms with Crippen molar-refractivity contribution in [2.24, 2.45) is 0 Å². The van der Waals surface area contributed by atoms with E-state index in [9.17, 15) is 0 Å². The number of hydrogen-bond acceptors (Lipinski definition) is 6. The zero-order valence-electron chi connectivity index (χ0n) is 11.5. The molecule has 0 aromatic carbocycles. The number of rotatable bonds is 2. The van der Waals surface area contributed by atoms with Crippen molar-refractivity contribution >= 4 is 17.5 Å². The van der Waals surface area contributed by atoms with Gasteiger partial charge in [0.2, 0.25) is 0 Å². The van der Waals surface area contributed by atoms with Crippen molar-refractivity contribution in [2.75, 3.05) is 41.7 Å². The maximum absolute atomic E-state index is 5.79. The second kappa shape index (κ2) is 5.32. The molecule has 0 spiro atoms. The highest BCUT2D eigenvalue weighted by Crippen LogP contribution is 2.18. The van der Waals surface area contributed by atoms with E-state index in [2.05, 4.69) is 24.8 Å². The van der Waals surface area contributed by atoms with Crippen LogP contribution in [0.3, 0.4) is 0 Å².